The molecule has 0 unspecified atom stereocenters. The van der Waals surface area contributed by atoms with E-state index in [0.717, 1.165) is 30.6 Å². The van der Waals surface area contributed by atoms with E-state index in [4.69, 9.17) is 4.52 Å². The van der Waals surface area contributed by atoms with E-state index in [-0.39, 0.29) is 5.82 Å². The molecule has 1 aliphatic rings. The van der Waals surface area contributed by atoms with Gasteiger partial charge in [-0.05, 0) is 36.5 Å². The van der Waals surface area contributed by atoms with Gasteiger partial charge in [-0.15, -0.1) is 0 Å². The first-order valence-corrected chi connectivity index (χ1v) is 6.19. The van der Waals surface area contributed by atoms with Crippen molar-refractivity contribution in [3.05, 3.63) is 53.7 Å². The van der Waals surface area contributed by atoms with Crippen molar-refractivity contribution in [1.82, 2.24) is 10.5 Å². The molecule has 1 aromatic heterocycles. The minimum Gasteiger partial charge on any atom is -0.364 e. The summed E-state index contributed by atoms with van der Waals surface area (Å²) in [5, 5.41) is 7.27. The fourth-order valence-electron chi connectivity index (χ4n) is 2.39. The zero-order valence-corrected chi connectivity index (χ0v) is 9.97. The smallest absolute Gasteiger partial charge is 0.124 e. The Balaban J connectivity index is 1.48. The maximum Gasteiger partial charge on any atom is 0.124 e. The zero-order valence-electron chi connectivity index (χ0n) is 9.97. The van der Waals surface area contributed by atoms with E-state index in [0.29, 0.717) is 12.0 Å². The second-order valence-corrected chi connectivity index (χ2v) is 4.79. The maximum atomic E-state index is 13.1. The first-order chi connectivity index (χ1) is 8.81. The summed E-state index contributed by atoms with van der Waals surface area (Å²) in [6, 6.07) is 9.26. The molecule has 0 amide bonds. The third-order valence-electron chi connectivity index (χ3n) is 3.52. The minimum absolute atomic E-state index is 0.147. The highest BCUT2D eigenvalue weighted by atomic mass is 19.1. The Morgan fingerprint density at radius 3 is 2.94 bits per heavy atom. The molecule has 4 heteroatoms. The second kappa shape index (κ2) is 4.90. The van der Waals surface area contributed by atoms with Crippen LogP contribution in [0, 0.1) is 5.82 Å². The first-order valence-electron chi connectivity index (χ1n) is 6.19. The highest BCUT2D eigenvalue weighted by Crippen LogP contribution is 2.37. The monoisotopic (exact) mass is 246 g/mol. The van der Waals surface area contributed by atoms with Gasteiger partial charge in [0.05, 0.1) is 5.69 Å². The summed E-state index contributed by atoms with van der Waals surface area (Å²) in [5.41, 5.74) is 2.03. The van der Waals surface area contributed by atoms with E-state index >= 15 is 0 Å². The van der Waals surface area contributed by atoms with Gasteiger partial charge in [0.15, 0.2) is 0 Å². The van der Waals surface area contributed by atoms with Gasteiger partial charge in [0.1, 0.15) is 12.1 Å². The van der Waals surface area contributed by atoms with E-state index in [2.05, 4.69) is 10.5 Å². The first kappa shape index (κ1) is 11.4. The summed E-state index contributed by atoms with van der Waals surface area (Å²) < 4.78 is 17.9. The van der Waals surface area contributed by atoms with Gasteiger partial charge in [0, 0.05) is 18.7 Å². The summed E-state index contributed by atoms with van der Waals surface area (Å²) in [6.07, 6.45) is 3.69. The van der Waals surface area contributed by atoms with E-state index in [9.17, 15) is 4.39 Å². The number of aromatic nitrogens is 1. The lowest BCUT2D eigenvalue weighted by Crippen LogP contribution is -2.39. The SMILES string of the molecule is Fc1cccc(C2CC(NCc3ccon3)C2)c1. The molecular formula is C14H15FN2O. The van der Waals surface area contributed by atoms with Gasteiger partial charge in [-0.2, -0.15) is 0 Å². The molecule has 0 spiro atoms. The number of nitrogens with one attached hydrogen (secondary N) is 1. The molecule has 1 aromatic carbocycles. The van der Waals surface area contributed by atoms with Gasteiger partial charge >= 0.3 is 0 Å². The maximum absolute atomic E-state index is 13.1. The molecule has 0 saturated heterocycles. The van der Waals surface area contributed by atoms with Gasteiger partial charge in [-0.25, -0.2) is 4.39 Å². The Kier molecular flexibility index (Phi) is 3.11. The van der Waals surface area contributed by atoms with Crippen LogP contribution in [0.25, 0.3) is 0 Å². The van der Waals surface area contributed by atoms with Gasteiger partial charge < -0.3 is 9.84 Å². The Hall–Kier alpha value is -1.68. The van der Waals surface area contributed by atoms with Gasteiger partial charge in [-0.3, -0.25) is 0 Å². The van der Waals surface area contributed by atoms with Crippen LogP contribution in [0.15, 0.2) is 41.1 Å². The highest BCUT2D eigenvalue weighted by Gasteiger charge is 2.29. The predicted octanol–water partition coefficient (Wildman–Crippen LogP) is 2.85. The molecular weight excluding hydrogens is 231 g/mol. The summed E-state index contributed by atoms with van der Waals surface area (Å²) in [7, 11) is 0. The third-order valence-corrected chi connectivity index (χ3v) is 3.52. The standard InChI is InChI=1S/C14H15FN2O/c15-12-3-1-2-10(6-12)11-7-14(8-11)16-9-13-4-5-18-17-13/h1-6,11,14,16H,7-9H2. The van der Waals surface area contributed by atoms with Crippen LogP contribution in [0.3, 0.4) is 0 Å². The summed E-state index contributed by atoms with van der Waals surface area (Å²) in [6.45, 7) is 0.733. The number of rotatable bonds is 4. The van der Waals surface area contributed by atoms with Gasteiger partial charge in [-0.1, -0.05) is 17.3 Å². The van der Waals surface area contributed by atoms with Crippen molar-refractivity contribution >= 4 is 0 Å². The van der Waals surface area contributed by atoms with E-state index in [1.807, 2.05) is 12.1 Å². The number of hydrogen-bond acceptors (Lipinski definition) is 3. The second-order valence-electron chi connectivity index (χ2n) is 4.79. The lowest BCUT2D eigenvalue weighted by Gasteiger charge is -2.36. The number of halogens is 1. The van der Waals surface area contributed by atoms with E-state index in [1.165, 1.54) is 6.07 Å². The zero-order chi connectivity index (χ0) is 12.4. The third kappa shape index (κ3) is 2.43. The van der Waals surface area contributed by atoms with Crippen molar-refractivity contribution in [2.75, 3.05) is 0 Å². The molecule has 0 atom stereocenters. The molecule has 94 valence electrons. The van der Waals surface area contributed by atoms with Gasteiger partial charge in [0.25, 0.3) is 0 Å². The van der Waals surface area contributed by atoms with Crippen LogP contribution in [0.5, 0.6) is 0 Å². The van der Waals surface area contributed by atoms with E-state index in [1.54, 1.807) is 18.4 Å². The minimum atomic E-state index is -0.147. The van der Waals surface area contributed by atoms with Crippen LogP contribution in [-0.2, 0) is 6.54 Å². The topological polar surface area (TPSA) is 38.1 Å². The van der Waals surface area contributed by atoms with Crippen molar-refractivity contribution < 1.29 is 8.91 Å². The lowest BCUT2D eigenvalue weighted by molar-refractivity contribution is 0.285. The molecule has 2 aromatic rings. The Bertz CT molecular complexity index is 506. The molecule has 1 saturated carbocycles. The molecule has 3 nitrogen and oxygen atoms in total. The molecule has 0 radical (unpaired) electrons. The Morgan fingerprint density at radius 2 is 2.22 bits per heavy atom. The summed E-state index contributed by atoms with van der Waals surface area (Å²) in [5.74, 6) is 0.335. The van der Waals surface area contributed by atoms with Crippen molar-refractivity contribution in [2.24, 2.45) is 0 Å². The molecule has 18 heavy (non-hydrogen) atoms. The molecule has 1 heterocycles. The average Bonchev–Trinajstić information content (AvgIpc) is 2.80. The number of benzene rings is 1. The van der Waals surface area contributed by atoms with Crippen LogP contribution in [0.1, 0.15) is 30.0 Å². The van der Waals surface area contributed by atoms with Crippen molar-refractivity contribution in [3.8, 4) is 0 Å². The summed E-state index contributed by atoms with van der Waals surface area (Å²) >= 11 is 0. The number of hydrogen-bond donors (Lipinski definition) is 1. The molecule has 0 bridgehead atoms. The van der Waals surface area contributed by atoms with Crippen LogP contribution in [0.2, 0.25) is 0 Å². The van der Waals surface area contributed by atoms with Crippen LogP contribution >= 0.6 is 0 Å². The fraction of sp³-hybridized carbons (Fsp3) is 0.357. The average molecular weight is 246 g/mol. The molecule has 3 rings (SSSR count). The molecule has 0 aliphatic heterocycles. The van der Waals surface area contributed by atoms with Crippen LogP contribution in [0.4, 0.5) is 4.39 Å². The molecule has 1 fully saturated rings. The normalized spacial score (nSPS) is 22.7. The number of nitrogens with zero attached hydrogens (tertiary/aromatic N) is 1. The highest BCUT2D eigenvalue weighted by molar-refractivity contribution is 5.23. The lowest BCUT2D eigenvalue weighted by atomic mass is 9.76. The van der Waals surface area contributed by atoms with Gasteiger partial charge in [0.2, 0.25) is 0 Å². The summed E-state index contributed by atoms with van der Waals surface area (Å²) in [4.78, 5) is 0. The quantitative estimate of drug-likeness (QED) is 0.901. The van der Waals surface area contributed by atoms with Crippen molar-refractivity contribution in [1.29, 1.82) is 0 Å². The molecule has 1 aliphatic carbocycles. The van der Waals surface area contributed by atoms with Crippen LogP contribution in [-0.4, -0.2) is 11.2 Å². The van der Waals surface area contributed by atoms with Crippen LogP contribution < -0.4 is 5.32 Å². The Morgan fingerprint density at radius 1 is 1.33 bits per heavy atom. The fourth-order valence-corrected chi connectivity index (χ4v) is 2.39. The largest absolute Gasteiger partial charge is 0.364 e. The predicted molar refractivity (Wildman–Crippen MR) is 65.5 cm³/mol. The van der Waals surface area contributed by atoms with E-state index < -0.39 is 0 Å². The molecule has 1 N–H and O–H groups in total. The van der Waals surface area contributed by atoms with Crippen molar-refractivity contribution in [3.63, 3.8) is 0 Å². The Labute approximate surface area is 105 Å². The van der Waals surface area contributed by atoms with Crippen molar-refractivity contribution in [2.45, 2.75) is 31.3 Å².